The highest BCUT2D eigenvalue weighted by Crippen LogP contribution is 2.25. The fraction of sp³-hybridized carbons (Fsp3) is 0.318. The van der Waals surface area contributed by atoms with Crippen molar-refractivity contribution >= 4 is 33.4 Å². The summed E-state index contributed by atoms with van der Waals surface area (Å²) in [6.45, 7) is 3.67. The first-order valence-corrected chi connectivity index (χ1v) is 11.7. The van der Waals surface area contributed by atoms with Crippen molar-refractivity contribution in [1.29, 1.82) is 0 Å². The topological polar surface area (TPSA) is 107 Å². The van der Waals surface area contributed by atoms with Gasteiger partial charge < -0.3 is 10.2 Å². The van der Waals surface area contributed by atoms with E-state index in [-0.39, 0.29) is 16.0 Å². The van der Waals surface area contributed by atoms with E-state index in [1.807, 2.05) is 7.05 Å². The Morgan fingerprint density at radius 2 is 1.44 bits per heavy atom. The lowest BCUT2D eigenvalue weighted by molar-refractivity contribution is -0.119. The summed E-state index contributed by atoms with van der Waals surface area (Å²) in [6.07, 6.45) is 0. The van der Waals surface area contributed by atoms with Gasteiger partial charge in [0.25, 0.3) is 11.8 Å². The monoisotopic (exact) mass is 456 g/mol. The normalized spacial score (nSPS) is 18.5. The van der Waals surface area contributed by atoms with Crippen LogP contribution in [0.5, 0.6) is 0 Å². The van der Waals surface area contributed by atoms with Crippen LogP contribution in [0.2, 0.25) is 0 Å². The van der Waals surface area contributed by atoms with Gasteiger partial charge in [-0.05, 0) is 50.4 Å². The number of fused-ring (bicyclic) bond motifs is 1. The smallest absolute Gasteiger partial charge is 0.262 e. The molecule has 1 N–H and O–H groups in total. The van der Waals surface area contributed by atoms with Gasteiger partial charge >= 0.3 is 0 Å². The second-order valence-electron chi connectivity index (χ2n) is 7.92. The third-order valence-corrected chi connectivity index (χ3v) is 7.73. The number of benzene rings is 2. The van der Waals surface area contributed by atoms with E-state index < -0.39 is 33.8 Å². The number of amides is 3. The van der Waals surface area contributed by atoms with Crippen LogP contribution in [0.15, 0.2) is 53.4 Å². The summed E-state index contributed by atoms with van der Waals surface area (Å²) in [6, 6.07) is 11.3. The lowest BCUT2D eigenvalue weighted by atomic mass is 10.1. The highest BCUT2D eigenvalue weighted by atomic mass is 32.2. The number of hydrogen-bond donors (Lipinski definition) is 1. The summed E-state index contributed by atoms with van der Waals surface area (Å²) in [7, 11) is -1.66. The van der Waals surface area contributed by atoms with Crippen molar-refractivity contribution in [3.8, 4) is 0 Å². The fourth-order valence-corrected chi connectivity index (χ4v) is 5.23. The van der Waals surface area contributed by atoms with Gasteiger partial charge in [0.05, 0.1) is 16.0 Å². The van der Waals surface area contributed by atoms with Crippen LogP contribution in [-0.2, 0) is 14.8 Å². The maximum Gasteiger partial charge on any atom is 0.262 e. The van der Waals surface area contributed by atoms with Gasteiger partial charge in [-0.25, -0.2) is 8.42 Å². The van der Waals surface area contributed by atoms with Crippen molar-refractivity contribution in [3.05, 3.63) is 59.7 Å². The van der Waals surface area contributed by atoms with Gasteiger partial charge in [-0.3, -0.25) is 19.3 Å². The molecule has 32 heavy (non-hydrogen) atoms. The quantitative estimate of drug-likeness (QED) is 0.679. The highest BCUT2D eigenvalue weighted by Gasteiger charge is 2.40. The molecular formula is C22H24N4O5S. The number of nitrogens with one attached hydrogen (secondary N) is 1. The average molecular weight is 457 g/mol. The predicted molar refractivity (Wildman–Crippen MR) is 118 cm³/mol. The molecule has 0 radical (unpaired) electrons. The average Bonchev–Trinajstić information content (AvgIpc) is 3.04. The SMILES string of the molecule is CC(C(=O)Nc1ccc(S(=O)(=O)N2CCN(C)CC2)cc1)N1C(=O)c2ccccc2C1=O. The molecule has 1 saturated heterocycles. The first-order valence-electron chi connectivity index (χ1n) is 10.3. The largest absolute Gasteiger partial charge is 0.324 e. The molecule has 2 aromatic rings. The van der Waals surface area contributed by atoms with E-state index in [1.165, 1.54) is 35.5 Å². The summed E-state index contributed by atoms with van der Waals surface area (Å²) < 4.78 is 27.1. The summed E-state index contributed by atoms with van der Waals surface area (Å²) >= 11 is 0. The van der Waals surface area contributed by atoms with E-state index in [0.717, 1.165) is 4.90 Å². The minimum absolute atomic E-state index is 0.147. The maximum atomic E-state index is 12.8. The molecule has 0 aliphatic carbocycles. The number of imide groups is 1. The molecule has 4 rings (SSSR count). The zero-order valence-electron chi connectivity index (χ0n) is 17.8. The number of hydrogen-bond acceptors (Lipinski definition) is 6. The number of carbonyl (C=O) groups is 3. The third-order valence-electron chi connectivity index (χ3n) is 5.81. The Bertz CT molecular complexity index is 1140. The van der Waals surface area contributed by atoms with Crippen molar-refractivity contribution in [1.82, 2.24) is 14.1 Å². The standard InChI is InChI=1S/C22H24N4O5S/c1-15(26-21(28)18-5-3-4-6-19(18)22(26)29)20(27)23-16-7-9-17(10-8-16)32(30,31)25-13-11-24(2)12-14-25/h3-10,15H,11-14H2,1-2H3,(H,23,27). The van der Waals surface area contributed by atoms with Crippen molar-refractivity contribution < 1.29 is 22.8 Å². The summed E-state index contributed by atoms with van der Waals surface area (Å²) in [5, 5.41) is 2.65. The van der Waals surface area contributed by atoms with Crippen molar-refractivity contribution in [2.75, 3.05) is 38.5 Å². The summed E-state index contributed by atoms with van der Waals surface area (Å²) in [5.41, 5.74) is 0.919. The van der Waals surface area contributed by atoms with Gasteiger partial charge in [-0.1, -0.05) is 12.1 Å². The predicted octanol–water partition coefficient (Wildman–Crippen LogP) is 1.25. The zero-order chi connectivity index (χ0) is 23.0. The van der Waals surface area contributed by atoms with E-state index in [0.29, 0.717) is 31.9 Å². The molecule has 1 atom stereocenters. The molecule has 0 saturated carbocycles. The lowest BCUT2D eigenvalue weighted by Crippen LogP contribution is -2.47. The molecule has 0 bridgehead atoms. The van der Waals surface area contributed by atoms with Crippen LogP contribution in [0.1, 0.15) is 27.6 Å². The third kappa shape index (κ3) is 3.92. The zero-order valence-corrected chi connectivity index (χ0v) is 18.6. The molecule has 0 aromatic heterocycles. The number of likely N-dealkylation sites (N-methyl/N-ethyl adjacent to an activating group) is 1. The molecule has 168 valence electrons. The van der Waals surface area contributed by atoms with E-state index in [9.17, 15) is 22.8 Å². The highest BCUT2D eigenvalue weighted by molar-refractivity contribution is 7.89. The van der Waals surface area contributed by atoms with Crippen LogP contribution in [0.3, 0.4) is 0 Å². The molecule has 2 aromatic carbocycles. The Labute approximate surface area is 186 Å². The fourth-order valence-electron chi connectivity index (χ4n) is 3.81. The Morgan fingerprint density at radius 1 is 0.906 bits per heavy atom. The molecule has 2 heterocycles. The van der Waals surface area contributed by atoms with Gasteiger partial charge in [0.15, 0.2) is 0 Å². The summed E-state index contributed by atoms with van der Waals surface area (Å²) in [5.74, 6) is -1.57. The second-order valence-corrected chi connectivity index (χ2v) is 9.86. The number of piperazine rings is 1. The van der Waals surface area contributed by atoms with Gasteiger partial charge in [-0.15, -0.1) is 0 Å². The number of rotatable bonds is 5. The van der Waals surface area contributed by atoms with Gasteiger partial charge in [0.2, 0.25) is 15.9 Å². The molecule has 3 amide bonds. The molecular weight excluding hydrogens is 432 g/mol. The van der Waals surface area contributed by atoms with E-state index in [2.05, 4.69) is 10.2 Å². The number of carbonyl (C=O) groups excluding carboxylic acids is 3. The molecule has 2 aliphatic rings. The Balaban J connectivity index is 1.44. The first kappa shape index (κ1) is 22.1. The van der Waals surface area contributed by atoms with Gasteiger partial charge in [0.1, 0.15) is 6.04 Å². The first-order chi connectivity index (χ1) is 15.2. The molecule has 0 spiro atoms. The van der Waals surface area contributed by atoms with Crippen LogP contribution in [0, 0.1) is 0 Å². The van der Waals surface area contributed by atoms with E-state index in [4.69, 9.17) is 0 Å². The Morgan fingerprint density at radius 3 is 1.97 bits per heavy atom. The van der Waals surface area contributed by atoms with E-state index in [1.54, 1.807) is 24.3 Å². The van der Waals surface area contributed by atoms with Gasteiger partial charge in [0, 0.05) is 31.9 Å². The van der Waals surface area contributed by atoms with Crippen LogP contribution < -0.4 is 5.32 Å². The van der Waals surface area contributed by atoms with Crippen LogP contribution in [0.4, 0.5) is 5.69 Å². The van der Waals surface area contributed by atoms with Gasteiger partial charge in [-0.2, -0.15) is 4.31 Å². The maximum absolute atomic E-state index is 12.8. The number of sulfonamides is 1. The minimum Gasteiger partial charge on any atom is -0.324 e. The molecule has 1 fully saturated rings. The second kappa shape index (κ2) is 8.45. The number of anilines is 1. The van der Waals surface area contributed by atoms with Crippen LogP contribution in [0.25, 0.3) is 0 Å². The van der Waals surface area contributed by atoms with Crippen LogP contribution >= 0.6 is 0 Å². The molecule has 1 unspecified atom stereocenters. The van der Waals surface area contributed by atoms with Crippen LogP contribution in [-0.4, -0.2) is 79.5 Å². The minimum atomic E-state index is -3.61. The Hall–Kier alpha value is -3.08. The van der Waals surface area contributed by atoms with E-state index >= 15 is 0 Å². The summed E-state index contributed by atoms with van der Waals surface area (Å²) in [4.78, 5) is 41.0. The molecule has 10 heteroatoms. The number of nitrogens with zero attached hydrogens (tertiary/aromatic N) is 3. The Kier molecular flexibility index (Phi) is 5.85. The lowest BCUT2D eigenvalue weighted by Gasteiger charge is -2.31. The van der Waals surface area contributed by atoms with Crippen molar-refractivity contribution in [2.45, 2.75) is 17.9 Å². The molecule has 9 nitrogen and oxygen atoms in total. The molecule has 2 aliphatic heterocycles. The van der Waals surface area contributed by atoms with Crippen molar-refractivity contribution in [3.63, 3.8) is 0 Å². The van der Waals surface area contributed by atoms with Crippen molar-refractivity contribution in [2.24, 2.45) is 0 Å².